The standard InChI is InChI=1S/C31H63S/c1-3-5-7-9-11-13-14-15-16-17-18-19-20-21-23-25-27-29-31-32-30-28-26-24-22-12-10-8-6-4-2/h31H,3-30H2,1-2H3. The van der Waals surface area contributed by atoms with E-state index in [9.17, 15) is 0 Å². The van der Waals surface area contributed by atoms with Gasteiger partial charge in [0.1, 0.15) is 0 Å². The predicted octanol–water partition coefficient (Wildman–Crippen LogP) is 12.5. The van der Waals surface area contributed by atoms with Crippen LogP contribution in [0.5, 0.6) is 0 Å². The molecule has 0 aromatic rings. The van der Waals surface area contributed by atoms with E-state index in [-0.39, 0.29) is 0 Å². The average Bonchev–Trinajstić information content (AvgIpc) is 2.81. The number of thioether (sulfide) groups is 1. The van der Waals surface area contributed by atoms with Gasteiger partial charge in [-0.2, -0.15) is 11.8 Å². The summed E-state index contributed by atoms with van der Waals surface area (Å²) in [5.41, 5.74) is 0. The van der Waals surface area contributed by atoms with Crippen LogP contribution >= 0.6 is 11.8 Å². The summed E-state index contributed by atoms with van der Waals surface area (Å²) in [6, 6.07) is 0. The second kappa shape index (κ2) is 31.4. The Balaban J connectivity index is 2.98. The maximum atomic E-state index is 2.50. The van der Waals surface area contributed by atoms with Crippen molar-refractivity contribution in [2.24, 2.45) is 0 Å². The normalized spacial score (nSPS) is 11.4. The lowest BCUT2D eigenvalue weighted by atomic mass is 10.0. The average molecular weight is 468 g/mol. The molecular weight excluding hydrogens is 404 g/mol. The quantitative estimate of drug-likeness (QED) is 0.0985. The minimum Gasteiger partial charge on any atom is -0.157 e. The first-order valence-corrected chi connectivity index (χ1v) is 16.4. The van der Waals surface area contributed by atoms with Crippen molar-refractivity contribution in [3.63, 3.8) is 0 Å². The minimum atomic E-state index is 1.33. The molecule has 0 fully saturated rings. The molecule has 0 heterocycles. The van der Waals surface area contributed by atoms with Gasteiger partial charge >= 0.3 is 0 Å². The molecule has 0 aromatic heterocycles. The summed E-state index contributed by atoms with van der Waals surface area (Å²) < 4.78 is 0. The Hall–Kier alpha value is 0.350. The van der Waals surface area contributed by atoms with Crippen molar-refractivity contribution >= 4 is 11.8 Å². The molecule has 0 aliphatic carbocycles. The summed E-state index contributed by atoms with van der Waals surface area (Å²) >= 11 is 2.09. The van der Waals surface area contributed by atoms with E-state index in [1.165, 1.54) is 179 Å². The molecule has 0 amide bonds. The van der Waals surface area contributed by atoms with E-state index in [2.05, 4.69) is 31.4 Å². The zero-order valence-corrected chi connectivity index (χ0v) is 23.6. The van der Waals surface area contributed by atoms with Gasteiger partial charge in [0.15, 0.2) is 0 Å². The molecule has 0 aliphatic rings. The van der Waals surface area contributed by atoms with Gasteiger partial charge in [0, 0.05) is 5.75 Å². The maximum Gasteiger partial charge on any atom is 0.0166 e. The summed E-state index contributed by atoms with van der Waals surface area (Å²) in [5, 5.41) is 0. The number of hydrogen-bond acceptors (Lipinski definition) is 1. The largest absolute Gasteiger partial charge is 0.157 e. The molecule has 0 aromatic carbocycles. The summed E-state index contributed by atoms with van der Waals surface area (Å²) in [4.78, 5) is 0. The molecule has 1 radical (unpaired) electrons. The van der Waals surface area contributed by atoms with Crippen molar-refractivity contribution in [2.75, 3.05) is 5.75 Å². The molecule has 0 atom stereocenters. The van der Waals surface area contributed by atoms with Gasteiger partial charge in [-0.15, -0.1) is 0 Å². The molecule has 0 saturated heterocycles. The third kappa shape index (κ3) is 30.4. The van der Waals surface area contributed by atoms with E-state index in [1.807, 2.05) is 0 Å². The van der Waals surface area contributed by atoms with Crippen molar-refractivity contribution < 1.29 is 0 Å². The van der Waals surface area contributed by atoms with Crippen molar-refractivity contribution in [3.05, 3.63) is 5.75 Å². The molecule has 0 nitrogen and oxygen atoms in total. The molecule has 0 rings (SSSR count). The number of hydrogen-bond donors (Lipinski definition) is 0. The lowest BCUT2D eigenvalue weighted by Crippen LogP contribution is -1.85. The third-order valence-electron chi connectivity index (χ3n) is 6.91. The predicted molar refractivity (Wildman–Crippen MR) is 153 cm³/mol. The third-order valence-corrected chi connectivity index (χ3v) is 7.90. The van der Waals surface area contributed by atoms with Gasteiger partial charge in [0.2, 0.25) is 0 Å². The van der Waals surface area contributed by atoms with E-state index in [4.69, 9.17) is 0 Å². The van der Waals surface area contributed by atoms with Gasteiger partial charge in [0.25, 0.3) is 0 Å². The van der Waals surface area contributed by atoms with E-state index in [0.717, 1.165) is 0 Å². The van der Waals surface area contributed by atoms with Gasteiger partial charge < -0.3 is 0 Å². The van der Waals surface area contributed by atoms with Crippen molar-refractivity contribution in [1.29, 1.82) is 0 Å². The first-order valence-electron chi connectivity index (χ1n) is 15.3. The lowest BCUT2D eigenvalue weighted by Gasteiger charge is -2.04. The van der Waals surface area contributed by atoms with Crippen LogP contribution in [0.25, 0.3) is 0 Å². The molecule has 1 heteroatoms. The highest BCUT2D eigenvalue weighted by Crippen LogP contribution is 2.18. The second-order valence-electron chi connectivity index (χ2n) is 10.3. The Morgan fingerprint density at radius 1 is 0.344 bits per heavy atom. The van der Waals surface area contributed by atoms with Crippen LogP contribution in [-0.4, -0.2) is 5.75 Å². The highest BCUT2D eigenvalue weighted by Gasteiger charge is 1.96. The number of unbranched alkanes of at least 4 members (excludes halogenated alkanes) is 25. The highest BCUT2D eigenvalue weighted by molar-refractivity contribution is 8.01. The van der Waals surface area contributed by atoms with E-state index >= 15 is 0 Å². The summed E-state index contributed by atoms with van der Waals surface area (Å²) in [6.45, 7) is 4.61. The first kappa shape index (κ1) is 32.4. The fraction of sp³-hybridized carbons (Fsp3) is 0.968. The Kier molecular flexibility index (Phi) is 31.7. The number of rotatable bonds is 29. The molecule has 193 valence electrons. The Morgan fingerprint density at radius 3 is 0.969 bits per heavy atom. The fourth-order valence-electron chi connectivity index (χ4n) is 4.62. The first-order chi connectivity index (χ1) is 15.9. The molecule has 0 N–H and O–H groups in total. The van der Waals surface area contributed by atoms with Crippen LogP contribution in [-0.2, 0) is 0 Å². The Bertz CT molecular complexity index is 271. The maximum absolute atomic E-state index is 2.50. The van der Waals surface area contributed by atoms with Crippen LogP contribution in [0.15, 0.2) is 0 Å². The van der Waals surface area contributed by atoms with Crippen LogP contribution in [0.4, 0.5) is 0 Å². The highest BCUT2D eigenvalue weighted by atomic mass is 32.2. The zero-order valence-electron chi connectivity index (χ0n) is 22.8. The van der Waals surface area contributed by atoms with Crippen LogP contribution in [0.2, 0.25) is 0 Å². The SMILES string of the molecule is CCCCCCCCCCCCCCCCCCC[CH]SCCCCCCCCCCC. The van der Waals surface area contributed by atoms with Crippen molar-refractivity contribution in [2.45, 2.75) is 187 Å². The fourth-order valence-corrected chi connectivity index (χ4v) is 5.49. The van der Waals surface area contributed by atoms with Gasteiger partial charge in [-0.3, -0.25) is 0 Å². The zero-order chi connectivity index (χ0) is 23.2. The molecular formula is C31H63S. The van der Waals surface area contributed by atoms with Crippen LogP contribution in [0.1, 0.15) is 187 Å². The van der Waals surface area contributed by atoms with Crippen molar-refractivity contribution in [1.82, 2.24) is 0 Å². The Labute approximate surface area is 210 Å². The molecule has 0 unspecified atom stereocenters. The van der Waals surface area contributed by atoms with Crippen LogP contribution in [0, 0.1) is 5.75 Å². The van der Waals surface area contributed by atoms with E-state index < -0.39 is 0 Å². The smallest absolute Gasteiger partial charge is 0.0166 e. The topological polar surface area (TPSA) is 0 Å². The summed E-state index contributed by atoms with van der Waals surface area (Å²) in [7, 11) is 0. The molecule has 0 bridgehead atoms. The molecule has 32 heavy (non-hydrogen) atoms. The Morgan fingerprint density at radius 2 is 0.625 bits per heavy atom. The van der Waals surface area contributed by atoms with Gasteiger partial charge in [-0.25, -0.2) is 0 Å². The van der Waals surface area contributed by atoms with Gasteiger partial charge in [-0.1, -0.05) is 174 Å². The van der Waals surface area contributed by atoms with Gasteiger partial charge in [0.05, 0.1) is 0 Å². The minimum absolute atomic E-state index is 1.33. The van der Waals surface area contributed by atoms with Crippen molar-refractivity contribution in [3.8, 4) is 0 Å². The summed E-state index contributed by atoms with van der Waals surface area (Å²) in [6.07, 6.45) is 39.3. The molecule has 0 saturated carbocycles. The van der Waals surface area contributed by atoms with E-state index in [1.54, 1.807) is 0 Å². The summed E-state index contributed by atoms with van der Waals surface area (Å²) in [5.74, 6) is 3.85. The van der Waals surface area contributed by atoms with Crippen LogP contribution in [0.3, 0.4) is 0 Å². The van der Waals surface area contributed by atoms with Crippen LogP contribution < -0.4 is 0 Å². The second-order valence-corrected chi connectivity index (χ2v) is 11.4. The molecule has 0 spiro atoms. The molecule has 0 aliphatic heterocycles. The lowest BCUT2D eigenvalue weighted by molar-refractivity contribution is 0.527. The monoisotopic (exact) mass is 467 g/mol. The van der Waals surface area contributed by atoms with E-state index in [0.29, 0.717) is 0 Å². The van der Waals surface area contributed by atoms with Gasteiger partial charge in [-0.05, 0) is 18.6 Å².